The second kappa shape index (κ2) is 7.85. The van der Waals surface area contributed by atoms with E-state index in [2.05, 4.69) is 5.32 Å². The molecule has 3 amide bonds. The molecule has 1 N–H and O–H groups in total. The summed E-state index contributed by atoms with van der Waals surface area (Å²) in [6.45, 7) is 5.36. The maximum absolute atomic E-state index is 13.2. The van der Waals surface area contributed by atoms with Gasteiger partial charge in [-0.15, -0.1) is 0 Å². The molecule has 0 unspecified atom stereocenters. The van der Waals surface area contributed by atoms with Gasteiger partial charge in [0.05, 0.1) is 5.56 Å². The van der Waals surface area contributed by atoms with Crippen LogP contribution in [0.25, 0.3) is 11.0 Å². The number of urea groups is 1. The predicted molar refractivity (Wildman–Crippen MR) is 113 cm³/mol. The van der Waals surface area contributed by atoms with Gasteiger partial charge in [-0.05, 0) is 42.7 Å². The molecular weight excluding hydrogens is 457 g/mol. The molecule has 2 aliphatic rings. The largest absolute Gasteiger partial charge is 0.425 e. The molecule has 0 bridgehead atoms. The van der Waals surface area contributed by atoms with Crippen LogP contribution in [0.2, 0.25) is 0 Å². The molecule has 1 saturated carbocycles. The van der Waals surface area contributed by atoms with Crippen molar-refractivity contribution in [1.82, 2.24) is 10.2 Å². The molecule has 8 nitrogen and oxygen atoms in total. The fraction of sp³-hybridized carbons (Fsp3) is 0.478. The Morgan fingerprint density at radius 2 is 1.91 bits per heavy atom. The molecule has 2 aromatic rings. The summed E-state index contributed by atoms with van der Waals surface area (Å²) >= 11 is 0. The van der Waals surface area contributed by atoms with Crippen molar-refractivity contribution in [3.63, 3.8) is 0 Å². The zero-order valence-electron chi connectivity index (χ0n) is 18.7. The van der Waals surface area contributed by atoms with Crippen LogP contribution in [0.15, 0.2) is 33.5 Å². The van der Waals surface area contributed by atoms with Crippen LogP contribution in [-0.4, -0.2) is 34.9 Å². The minimum absolute atomic E-state index is 0.179. The Kier molecular flexibility index (Phi) is 5.49. The number of hydrogen-bond acceptors (Lipinski definition) is 6. The van der Waals surface area contributed by atoms with Crippen molar-refractivity contribution in [2.45, 2.75) is 51.7 Å². The molecule has 0 radical (unpaired) electrons. The highest BCUT2D eigenvalue weighted by molar-refractivity contribution is 6.09. The SMILES string of the molecule is C[C@H]1CC(C)(C)C[C@@]2(C1)NC(=O)N(CC(=O)Oc1ccc3c(C(F)(F)F)cc(=O)oc3c1)C2=O. The molecule has 34 heavy (non-hydrogen) atoms. The van der Waals surface area contributed by atoms with E-state index in [1.54, 1.807) is 0 Å². The number of nitrogens with zero attached hydrogens (tertiary/aromatic N) is 1. The molecule has 1 saturated heterocycles. The molecule has 1 aromatic heterocycles. The van der Waals surface area contributed by atoms with Gasteiger partial charge in [0.15, 0.2) is 0 Å². The third kappa shape index (κ3) is 4.38. The number of carbonyl (C=O) groups excluding carboxylic acids is 3. The number of carbonyl (C=O) groups is 3. The van der Waals surface area contributed by atoms with E-state index in [-0.39, 0.29) is 22.5 Å². The summed E-state index contributed by atoms with van der Waals surface area (Å²) < 4.78 is 49.5. The zero-order valence-corrected chi connectivity index (χ0v) is 18.7. The summed E-state index contributed by atoms with van der Waals surface area (Å²) in [5, 5.41) is 2.37. The topological polar surface area (TPSA) is 106 Å². The van der Waals surface area contributed by atoms with Gasteiger partial charge in [0.25, 0.3) is 5.91 Å². The van der Waals surface area contributed by atoms with E-state index in [1.165, 1.54) is 0 Å². The number of benzene rings is 1. The fourth-order valence-corrected chi connectivity index (χ4v) is 5.38. The van der Waals surface area contributed by atoms with Gasteiger partial charge in [0, 0.05) is 17.5 Å². The summed E-state index contributed by atoms with van der Waals surface area (Å²) in [5.41, 5.74) is -4.07. The van der Waals surface area contributed by atoms with Crippen molar-refractivity contribution in [2.24, 2.45) is 11.3 Å². The smallest absolute Gasteiger partial charge is 0.417 e. The summed E-state index contributed by atoms with van der Waals surface area (Å²) in [4.78, 5) is 50.5. The van der Waals surface area contributed by atoms with Gasteiger partial charge in [-0.25, -0.2) is 14.4 Å². The summed E-state index contributed by atoms with van der Waals surface area (Å²) in [6.07, 6.45) is -2.99. The highest BCUT2D eigenvalue weighted by atomic mass is 19.4. The van der Waals surface area contributed by atoms with E-state index < -0.39 is 52.9 Å². The van der Waals surface area contributed by atoms with Gasteiger partial charge in [-0.1, -0.05) is 20.8 Å². The Morgan fingerprint density at radius 3 is 2.56 bits per heavy atom. The lowest BCUT2D eigenvalue weighted by Gasteiger charge is -2.43. The standard InChI is InChI=1S/C23H23F3N2O6/c1-12-8-21(2,3)11-22(9-12)19(31)28(20(32)27-22)10-18(30)33-13-4-5-14-15(23(24,25)26)7-17(29)34-16(14)6-13/h4-7,12H,8-11H2,1-3H3,(H,27,32)/t12-,22+/m0/s1. The number of halogens is 3. The maximum atomic E-state index is 13.2. The van der Waals surface area contributed by atoms with Gasteiger partial charge >= 0.3 is 23.8 Å². The first-order valence-corrected chi connectivity index (χ1v) is 10.7. The van der Waals surface area contributed by atoms with Crippen LogP contribution in [0.1, 0.15) is 45.6 Å². The molecule has 2 heterocycles. The van der Waals surface area contributed by atoms with Crippen LogP contribution < -0.4 is 15.7 Å². The molecule has 4 rings (SSSR count). The van der Waals surface area contributed by atoms with Crippen LogP contribution >= 0.6 is 0 Å². The van der Waals surface area contributed by atoms with E-state index in [0.29, 0.717) is 18.9 Å². The summed E-state index contributed by atoms with van der Waals surface area (Å²) in [6, 6.07) is 2.73. The molecular formula is C23H23F3N2O6. The highest BCUT2D eigenvalue weighted by Gasteiger charge is 2.56. The van der Waals surface area contributed by atoms with Gasteiger partial charge in [0.2, 0.25) is 0 Å². The predicted octanol–water partition coefficient (Wildman–Crippen LogP) is 3.85. The van der Waals surface area contributed by atoms with E-state index >= 15 is 0 Å². The lowest BCUT2D eigenvalue weighted by molar-refractivity contribution is -0.142. The average Bonchev–Trinajstić information content (AvgIpc) is 2.88. The Morgan fingerprint density at radius 1 is 1.21 bits per heavy atom. The second-order valence-corrected chi connectivity index (χ2v) is 9.87. The first-order chi connectivity index (χ1) is 15.7. The molecule has 2 fully saturated rings. The number of fused-ring (bicyclic) bond motifs is 1. The third-order valence-electron chi connectivity index (χ3n) is 6.16. The van der Waals surface area contributed by atoms with Crippen molar-refractivity contribution < 1.29 is 36.7 Å². The lowest BCUT2D eigenvalue weighted by atomic mass is 9.64. The number of esters is 1. The first kappa shape index (κ1) is 23.8. The second-order valence-electron chi connectivity index (χ2n) is 9.87. The van der Waals surface area contributed by atoms with Crippen LogP contribution in [0.3, 0.4) is 0 Å². The molecule has 1 spiro atoms. The van der Waals surface area contributed by atoms with Crippen molar-refractivity contribution >= 4 is 28.9 Å². The van der Waals surface area contributed by atoms with Crippen molar-refractivity contribution in [1.29, 1.82) is 0 Å². The van der Waals surface area contributed by atoms with E-state index in [4.69, 9.17) is 9.15 Å². The number of imide groups is 1. The van der Waals surface area contributed by atoms with Crippen LogP contribution in [0.5, 0.6) is 5.75 Å². The van der Waals surface area contributed by atoms with Crippen LogP contribution in [0.4, 0.5) is 18.0 Å². The average molecular weight is 480 g/mol. The van der Waals surface area contributed by atoms with Crippen LogP contribution in [0, 0.1) is 11.3 Å². The van der Waals surface area contributed by atoms with Gasteiger partial charge in [0.1, 0.15) is 23.4 Å². The molecule has 2 atom stereocenters. The van der Waals surface area contributed by atoms with E-state index in [0.717, 1.165) is 29.5 Å². The molecule has 1 aromatic carbocycles. The minimum Gasteiger partial charge on any atom is -0.425 e. The summed E-state index contributed by atoms with van der Waals surface area (Å²) in [5.74, 6) is -1.49. The highest BCUT2D eigenvalue weighted by Crippen LogP contribution is 2.46. The Bertz CT molecular complexity index is 1250. The third-order valence-corrected chi connectivity index (χ3v) is 6.16. The van der Waals surface area contributed by atoms with Crippen molar-refractivity contribution in [2.75, 3.05) is 6.54 Å². The van der Waals surface area contributed by atoms with Crippen molar-refractivity contribution in [3.8, 4) is 5.75 Å². The number of rotatable bonds is 3. The molecule has 1 aliphatic heterocycles. The Hall–Kier alpha value is -3.37. The first-order valence-electron chi connectivity index (χ1n) is 10.7. The molecule has 1 aliphatic carbocycles. The van der Waals surface area contributed by atoms with Gasteiger partial charge in [-0.2, -0.15) is 13.2 Å². The lowest BCUT2D eigenvalue weighted by Crippen LogP contribution is -2.54. The number of ether oxygens (including phenoxy) is 1. The Balaban J connectivity index is 1.52. The van der Waals surface area contributed by atoms with Gasteiger partial charge < -0.3 is 14.5 Å². The summed E-state index contributed by atoms with van der Waals surface area (Å²) in [7, 11) is 0. The fourth-order valence-electron chi connectivity index (χ4n) is 5.38. The maximum Gasteiger partial charge on any atom is 0.417 e. The monoisotopic (exact) mass is 480 g/mol. The number of nitrogens with one attached hydrogen (secondary N) is 1. The van der Waals surface area contributed by atoms with Crippen molar-refractivity contribution in [3.05, 3.63) is 40.2 Å². The number of amides is 3. The quantitative estimate of drug-likeness (QED) is 0.310. The molecule has 11 heteroatoms. The number of alkyl halides is 3. The zero-order chi connectivity index (χ0) is 25.1. The van der Waals surface area contributed by atoms with E-state index in [1.807, 2.05) is 20.8 Å². The number of hydrogen-bond donors (Lipinski definition) is 1. The molecule has 182 valence electrons. The Labute approximate surface area is 192 Å². The van der Waals surface area contributed by atoms with Gasteiger partial charge in [-0.3, -0.25) is 9.69 Å². The van der Waals surface area contributed by atoms with Crippen LogP contribution in [-0.2, 0) is 15.8 Å². The van der Waals surface area contributed by atoms with E-state index in [9.17, 15) is 32.3 Å². The minimum atomic E-state index is -4.78. The normalized spacial score (nSPS) is 24.5.